The van der Waals surface area contributed by atoms with Gasteiger partial charge in [-0.3, -0.25) is 14.4 Å². The van der Waals surface area contributed by atoms with E-state index in [1.165, 1.54) is 6.07 Å². The molecule has 0 unspecified atom stereocenters. The lowest BCUT2D eigenvalue weighted by Gasteiger charge is -2.18. The number of esters is 1. The molecule has 0 aliphatic carbocycles. The summed E-state index contributed by atoms with van der Waals surface area (Å²) in [6, 6.07) is 10.3. The predicted octanol–water partition coefficient (Wildman–Crippen LogP) is 0.818. The molecule has 0 bridgehead atoms. The third kappa shape index (κ3) is 5.39. The summed E-state index contributed by atoms with van der Waals surface area (Å²) in [4.78, 5) is 35.8. The van der Waals surface area contributed by atoms with E-state index >= 15 is 0 Å². The van der Waals surface area contributed by atoms with Gasteiger partial charge < -0.3 is 34.3 Å². The Balaban J connectivity index is 1.13. The molecule has 168 valence electrons. The Morgan fingerprint density at radius 2 is 1.56 bits per heavy atom. The molecule has 2 heterocycles. The van der Waals surface area contributed by atoms with E-state index < -0.39 is 24.4 Å². The molecule has 0 fully saturated rings. The van der Waals surface area contributed by atoms with E-state index in [4.69, 9.17) is 23.7 Å². The van der Waals surface area contributed by atoms with Crippen LogP contribution in [0.1, 0.15) is 15.9 Å². The lowest BCUT2D eigenvalue weighted by atomic mass is 10.1. The standard InChI is InChI=1S/C22H22N2O8/c25-20(23-6-5-14-1-3-16-18(9-14)29-8-7-28-16)12-30-21(26)11-24-22(27)15-2-4-17-19(10-15)32-13-31-17/h1-4,9-10H,5-8,11-13H2,(H,23,25)(H,24,27). The number of rotatable bonds is 8. The van der Waals surface area contributed by atoms with Crippen molar-refractivity contribution in [2.24, 2.45) is 0 Å². The van der Waals surface area contributed by atoms with Crippen molar-refractivity contribution < 1.29 is 38.1 Å². The quantitative estimate of drug-likeness (QED) is 0.577. The normalized spacial score (nSPS) is 13.2. The van der Waals surface area contributed by atoms with Gasteiger partial charge in [0.05, 0.1) is 0 Å². The summed E-state index contributed by atoms with van der Waals surface area (Å²) in [5.41, 5.74) is 1.30. The van der Waals surface area contributed by atoms with Gasteiger partial charge in [0.1, 0.15) is 19.8 Å². The molecule has 2 aliphatic heterocycles. The predicted molar refractivity (Wildman–Crippen MR) is 110 cm³/mol. The summed E-state index contributed by atoms with van der Waals surface area (Å²) in [7, 11) is 0. The highest BCUT2D eigenvalue weighted by molar-refractivity contribution is 5.96. The fraction of sp³-hybridized carbons (Fsp3) is 0.318. The van der Waals surface area contributed by atoms with Crippen LogP contribution in [0.3, 0.4) is 0 Å². The van der Waals surface area contributed by atoms with Gasteiger partial charge in [0.2, 0.25) is 6.79 Å². The van der Waals surface area contributed by atoms with Gasteiger partial charge >= 0.3 is 5.97 Å². The van der Waals surface area contributed by atoms with Crippen molar-refractivity contribution in [3.05, 3.63) is 47.5 Å². The first-order valence-electron chi connectivity index (χ1n) is 10.1. The molecular weight excluding hydrogens is 420 g/mol. The molecule has 4 rings (SSSR count). The van der Waals surface area contributed by atoms with Crippen molar-refractivity contribution in [3.63, 3.8) is 0 Å². The Kier molecular flexibility index (Phi) is 6.59. The van der Waals surface area contributed by atoms with E-state index in [9.17, 15) is 14.4 Å². The van der Waals surface area contributed by atoms with E-state index in [-0.39, 0.29) is 13.3 Å². The van der Waals surface area contributed by atoms with Crippen LogP contribution in [0.4, 0.5) is 0 Å². The molecule has 10 nitrogen and oxygen atoms in total. The number of nitrogens with one attached hydrogen (secondary N) is 2. The maximum atomic E-state index is 12.1. The molecule has 0 spiro atoms. The van der Waals surface area contributed by atoms with Crippen molar-refractivity contribution in [1.29, 1.82) is 0 Å². The first-order chi connectivity index (χ1) is 15.6. The molecule has 0 atom stereocenters. The number of benzene rings is 2. The lowest BCUT2D eigenvalue weighted by Crippen LogP contribution is -2.34. The van der Waals surface area contributed by atoms with Crippen molar-refractivity contribution in [1.82, 2.24) is 10.6 Å². The Hall–Kier alpha value is -3.95. The van der Waals surface area contributed by atoms with Gasteiger partial charge in [0, 0.05) is 12.1 Å². The van der Waals surface area contributed by atoms with E-state index in [2.05, 4.69) is 10.6 Å². The number of carbonyl (C=O) groups excluding carboxylic acids is 3. The van der Waals surface area contributed by atoms with Crippen molar-refractivity contribution >= 4 is 17.8 Å². The zero-order valence-electron chi connectivity index (χ0n) is 17.2. The summed E-state index contributed by atoms with van der Waals surface area (Å²) >= 11 is 0. The molecule has 10 heteroatoms. The van der Waals surface area contributed by atoms with E-state index in [0.29, 0.717) is 54.7 Å². The Labute approximate surface area is 183 Å². The topological polar surface area (TPSA) is 121 Å². The summed E-state index contributed by atoms with van der Waals surface area (Å²) in [6.07, 6.45) is 0.585. The van der Waals surface area contributed by atoms with Gasteiger partial charge in [-0.25, -0.2) is 0 Å². The molecule has 2 N–H and O–H groups in total. The van der Waals surface area contributed by atoms with Crippen LogP contribution in [0.5, 0.6) is 23.0 Å². The van der Waals surface area contributed by atoms with Crippen molar-refractivity contribution in [2.45, 2.75) is 6.42 Å². The van der Waals surface area contributed by atoms with Crippen molar-refractivity contribution in [2.75, 3.05) is 39.7 Å². The van der Waals surface area contributed by atoms with Crippen LogP contribution in [0.25, 0.3) is 0 Å². The molecule has 0 radical (unpaired) electrons. The van der Waals surface area contributed by atoms with E-state index in [1.807, 2.05) is 18.2 Å². The number of amides is 2. The second kappa shape index (κ2) is 9.90. The number of fused-ring (bicyclic) bond motifs is 2. The third-order valence-electron chi connectivity index (χ3n) is 4.73. The van der Waals surface area contributed by atoms with Gasteiger partial charge in [-0.05, 0) is 42.3 Å². The highest BCUT2D eigenvalue weighted by atomic mass is 16.7. The largest absolute Gasteiger partial charge is 0.486 e. The number of hydrogen-bond acceptors (Lipinski definition) is 8. The SMILES string of the molecule is O=C(COC(=O)CNC(=O)c1ccc2c(c1)OCO2)NCCc1ccc2c(c1)OCCO2. The summed E-state index contributed by atoms with van der Waals surface area (Å²) in [5, 5.41) is 5.12. The number of hydrogen-bond donors (Lipinski definition) is 2. The monoisotopic (exact) mass is 442 g/mol. The van der Waals surface area contributed by atoms with Crippen molar-refractivity contribution in [3.8, 4) is 23.0 Å². The average Bonchev–Trinajstić information content (AvgIpc) is 3.29. The zero-order chi connectivity index (χ0) is 22.3. The van der Waals surface area contributed by atoms with Crippen LogP contribution >= 0.6 is 0 Å². The van der Waals surface area contributed by atoms with Gasteiger partial charge in [-0.15, -0.1) is 0 Å². The first-order valence-corrected chi connectivity index (χ1v) is 10.1. The molecule has 2 aromatic rings. The van der Waals surface area contributed by atoms with Crippen LogP contribution in [0.2, 0.25) is 0 Å². The van der Waals surface area contributed by atoms with E-state index in [1.54, 1.807) is 12.1 Å². The van der Waals surface area contributed by atoms with Gasteiger partial charge in [0.15, 0.2) is 29.6 Å². The molecule has 0 saturated carbocycles. The second-order valence-corrected chi connectivity index (χ2v) is 6.99. The zero-order valence-corrected chi connectivity index (χ0v) is 17.2. The Morgan fingerprint density at radius 3 is 2.44 bits per heavy atom. The Morgan fingerprint density at radius 1 is 0.844 bits per heavy atom. The lowest BCUT2D eigenvalue weighted by molar-refractivity contribution is -0.147. The summed E-state index contributed by atoms with van der Waals surface area (Å²) < 4.78 is 26.3. The molecule has 0 saturated heterocycles. The fourth-order valence-corrected chi connectivity index (χ4v) is 3.13. The highest BCUT2D eigenvalue weighted by Gasteiger charge is 2.17. The smallest absolute Gasteiger partial charge is 0.325 e. The van der Waals surface area contributed by atoms with Crippen LogP contribution < -0.4 is 29.6 Å². The maximum Gasteiger partial charge on any atom is 0.325 e. The minimum atomic E-state index is -0.721. The fourth-order valence-electron chi connectivity index (χ4n) is 3.13. The highest BCUT2D eigenvalue weighted by Crippen LogP contribution is 2.32. The molecule has 32 heavy (non-hydrogen) atoms. The van der Waals surface area contributed by atoms with Gasteiger partial charge in [-0.1, -0.05) is 6.07 Å². The third-order valence-corrected chi connectivity index (χ3v) is 4.73. The molecule has 2 aliphatic rings. The van der Waals surface area contributed by atoms with Crippen LogP contribution in [0, 0.1) is 0 Å². The minimum absolute atomic E-state index is 0.103. The Bertz CT molecular complexity index is 1020. The van der Waals surface area contributed by atoms with Gasteiger partial charge in [0.25, 0.3) is 11.8 Å². The van der Waals surface area contributed by atoms with E-state index in [0.717, 1.165) is 5.56 Å². The number of carbonyl (C=O) groups is 3. The van der Waals surface area contributed by atoms with Crippen LogP contribution in [-0.2, 0) is 20.7 Å². The molecular formula is C22H22N2O8. The average molecular weight is 442 g/mol. The second-order valence-electron chi connectivity index (χ2n) is 6.99. The molecule has 2 amide bonds. The summed E-state index contributed by atoms with van der Waals surface area (Å²) in [5.74, 6) is 0.802. The van der Waals surface area contributed by atoms with Crippen LogP contribution in [-0.4, -0.2) is 57.5 Å². The summed E-state index contributed by atoms with van der Waals surface area (Å²) in [6.45, 7) is 0.721. The van der Waals surface area contributed by atoms with Gasteiger partial charge in [-0.2, -0.15) is 0 Å². The first kappa shape index (κ1) is 21.3. The molecule has 0 aromatic heterocycles. The molecule has 2 aromatic carbocycles. The number of ether oxygens (including phenoxy) is 5. The minimum Gasteiger partial charge on any atom is -0.486 e. The van der Waals surface area contributed by atoms with Crippen LogP contribution in [0.15, 0.2) is 36.4 Å². The maximum absolute atomic E-state index is 12.1.